The summed E-state index contributed by atoms with van der Waals surface area (Å²) in [4.78, 5) is 15.9. The van der Waals surface area contributed by atoms with Crippen LogP contribution in [0.2, 0.25) is 0 Å². The van der Waals surface area contributed by atoms with Crippen LogP contribution in [-0.2, 0) is 9.84 Å². The molecule has 5 nitrogen and oxygen atoms in total. The zero-order chi connectivity index (χ0) is 15.5. The summed E-state index contributed by atoms with van der Waals surface area (Å²) in [6, 6.07) is 5.66. The summed E-state index contributed by atoms with van der Waals surface area (Å²) >= 11 is 0. The van der Waals surface area contributed by atoms with E-state index in [2.05, 4.69) is 0 Å². The molecule has 21 heavy (non-hydrogen) atoms. The normalized spacial score (nSPS) is 17.0. The number of carbonyl (C=O) groups excluding carboxylic acids is 1. The van der Waals surface area contributed by atoms with E-state index >= 15 is 0 Å². The maximum atomic E-state index is 13.1. The van der Waals surface area contributed by atoms with Gasteiger partial charge in [0.15, 0.2) is 0 Å². The lowest BCUT2D eigenvalue weighted by atomic mass is 10.2. The molecule has 116 valence electrons. The van der Waals surface area contributed by atoms with Gasteiger partial charge in [0, 0.05) is 44.5 Å². The molecule has 1 aliphatic rings. The molecule has 0 unspecified atom stereocenters. The molecule has 0 saturated carbocycles. The fourth-order valence-electron chi connectivity index (χ4n) is 2.27. The summed E-state index contributed by atoms with van der Waals surface area (Å²) in [5, 5.41) is 0. The molecule has 1 heterocycles. The Morgan fingerprint density at radius 3 is 2.48 bits per heavy atom. The third-order valence-corrected chi connectivity index (χ3v) is 4.43. The highest BCUT2D eigenvalue weighted by molar-refractivity contribution is 7.90. The van der Waals surface area contributed by atoms with Gasteiger partial charge in [0.1, 0.15) is 15.7 Å². The number of hydrogen-bond acceptors (Lipinski definition) is 4. The number of amides is 1. The van der Waals surface area contributed by atoms with Crippen LogP contribution >= 0.6 is 0 Å². The number of benzene rings is 1. The number of rotatable bonds is 4. The smallest absolute Gasteiger partial charge is 0.254 e. The molecule has 1 saturated heterocycles. The standard InChI is InChI=1S/C14H19FN2O3S/c1-21(19,20)10-9-16-5-7-17(8-6-16)14(18)12-3-2-4-13(15)11-12/h2-4,11H,5-10H2,1H3. The average molecular weight is 314 g/mol. The van der Waals surface area contributed by atoms with Crippen molar-refractivity contribution in [3.05, 3.63) is 35.6 Å². The Hall–Kier alpha value is -1.47. The Labute approximate surface area is 124 Å². The second-order valence-corrected chi connectivity index (χ2v) is 7.53. The molecule has 7 heteroatoms. The molecule has 0 atom stereocenters. The minimum absolute atomic E-state index is 0.130. The van der Waals surface area contributed by atoms with Gasteiger partial charge in [-0.25, -0.2) is 12.8 Å². The Bertz CT molecular complexity index is 610. The Balaban J connectivity index is 1.87. The molecular formula is C14H19FN2O3S. The summed E-state index contributed by atoms with van der Waals surface area (Å²) in [6.07, 6.45) is 1.22. The predicted octanol–water partition coefficient (Wildman–Crippen LogP) is 0.628. The molecule has 0 N–H and O–H groups in total. The monoisotopic (exact) mass is 314 g/mol. The van der Waals surface area contributed by atoms with Gasteiger partial charge in [0.2, 0.25) is 0 Å². The summed E-state index contributed by atoms with van der Waals surface area (Å²) in [6.45, 7) is 2.81. The van der Waals surface area contributed by atoms with Crippen molar-refractivity contribution in [2.45, 2.75) is 0 Å². The first-order valence-corrected chi connectivity index (χ1v) is 8.86. The maximum absolute atomic E-state index is 13.1. The predicted molar refractivity (Wildman–Crippen MR) is 78.5 cm³/mol. The van der Waals surface area contributed by atoms with Crippen molar-refractivity contribution < 1.29 is 17.6 Å². The van der Waals surface area contributed by atoms with Crippen LogP contribution in [0.3, 0.4) is 0 Å². The van der Waals surface area contributed by atoms with Crippen LogP contribution in [0, 0.1) is 5.82 Å². The number of carbonyl (C=O) groups is 1. The van der Waals surface area contributed by atoms with E-state index < -0.39 is 15.7 Å². The van der Waals surface area contributed by atoms with E-state index in [1.807, 2.05) is 4.90 Å². The molecule has 2 rings (SSSR count). The van der Waals surface area contributed by atoms with E-state index in [0.717, 1.165) is 0 Å². The van der Waals surface area contributed by atoms with Gasteiger partial charge in [0.25, 0.3) is 5.91 Å². The third kappa shape index (κ3) is 4.78. The maximum Gasteiger partial charge on any atom is 0.254 e. The number of hydrogen-bond donors (Lipinski definition) is 0. The van der Waals surface area contributed by atoms with Gasteiger partial charge in [-0.3, -0.25) is 9.69 Å². The van der Waals surface area contributed by atoms with E-state index in [9.17, 15) is 17.6 Å². The van der Waals surface area contributed by atoms with Crippen LogP contribution in [0.4, 0.5) is 4.39 Å². The lowest BCUT2D eigenvalue weighted by molar-refractivity contribution is 0.0643. The molecule has 1 aromatic carbocycles. The Morgan fingerprint density at radius 2 is 1.90 bits per heavy atom. The molecule has 0 radical (unpaired) electrons. The number of sulfone groups is 1. The molecule has 1 aliphatic heterocycles. The SMILES string of the molecule is CS(=O)(=O)CCN1CCN(C(=O)c2cccc(F)c2)CC1. The summed E-state index contributed by atoms with van der Waals surface area (Å²) in [5.74, 6) is -0.477. The molecule has 0 spiro atoms. The van der Waals surface area contributed by atoms with Crippen LogP contribution < -0.4 is 0 Å². The zero-order valence-electron chi connectivity index (χ0n) is 12.0. The van der Waals surface area contributed by atoms with E-state index in [1.165, 1.54) is 24.5 Å². The molecule has 0 bridgehead atoms. The molecule has 1 amide bonds. The van der Waals surface area contributed by atoms with Crippen LogP contribution in [0.15, 0.2) is 24.3 Å². The van der Waals surface area contributed by atoms with Gasteiger partial charge in [-0.15, -0.1) is 0 Å². The van der Waals surface area contributed by atoms with Crippen LogP contribution in [0.5, 0.6) is 0 Å². The first-order chi connectivity index (χ1) is 9.85. The highest BCUT2D eigenvalue weighted by Gasteiger charge is 2.22. The van der Waals surface area contributed by atoms with Gasteiger partial charge in [-0.1, -0.05) is 6.07 Å². The van der Waals surface area contributed by atoms with Crippen molar-refractivity contribution in [2.75, 3.05) is 44.7 Å². The van der Waals surface area contributed by atoms with Crippen molar-refractivity contribution in [2.24, 2.45) is 0 Å². The molecule has 1 fully saturated rings. The summed E-state index contributed by atoms with van der Waals surface area (Å²) in [5.41, 5.74) is 0.347. The van der Waals surface area contributed by atoms with Crippen molar-refractivity contribution in [3.63, 3.8) is 0 Å². The molecule has 0 aromatic heterocycles. The van der Waals surface area contributed by atoms with Crippen molar-refractivity contribution in [1.29, 1.82) is 0 Å². The lowest BCUT2D eigenvalue weighted by Crippen LogP contribution is -2.49. The number of halogens is 1. The fraction of sp³-hybridized carbons (Fsp3) is 0.500. The molecule has 0 aliphatic carbocycles. The third-order valence-electron chi connectivity index (χ3n) is 3.51. The van der Waals surface area contributed by atoms with Crippen molar-refractivity contribution >= 4 is 15.7 Å². The van der Waals surface area contributed by atoms with E-state index in [0.29, 0.717) is 38.3 Å². The van der Waals surface area contributed by atoms with Crippen LogP contribution in [-0.4, -0.2) is 68.9 Å². The van der Waals surface area contributed by atoms with E-state index in [1.54, 1.807) is 11.0 Å². The average Bonchev–Trinajstić information content (AvgIpc) is 2.44. The Kier molecular flexibility index (Phi) is 4.95. The first kappa shape index (κ1) is 15.9. The van der Waals surface area contributed by atoms with Crippen molar-refractivity contribution in [1.82, 2.24) is 9.80 Å². The molecular weight excluding hydrogens is 295 g/mol. The lowest BCUT2D eigenvalue weighted by Gasteiger charge is -2.34. The quantitative estimate of drug-likeness (QED) is 0.818. The minimum Gasteiger partial charge on any atom is -0.336 e. The van der Waals surface area contributed by atoms with E-state index in [4.69, 9.17) is 0 Å². The van der Waals surface area contributed by atoms with Crippen LogP contribution in [0.25, 0.3) is 0 Å². The van der Waals surface area contributed by atoms with Crippen molar-refractivity contribution in [3.8, 4) is 0 Å². The first-order valence-electron chi connectivity index (χ1n) is 6.80. The van der Waals surface area contributed by atoms with Gasteiger partial charge >= 0.3 is 0 Å². The largest absolute Gasteiger partial charge is 0.336 e. The van der Waals surface area contributed by atoms with Crippen LogP contribution in [0.1, 0.15) is 10.4 Å². The summed E-state index contributed by atoms with van der Waals surface area (Å²) < 4.78 is 35.4. The highest BCUT2D eigenvalue weighted by atomic mass is 32.2. The van der Waals surface area contributed by atoms with Gasteiger partial charge < -0.3 is 4.90 Å². The number of nitrogens with zero attached hydrogens (tertiary/aromatic N) is 2. The second-order valence-electron chi connectivity index (χ2n) is 5.27. The molecule has 1 aromatic rings. The van der Waals surface area contributed by atoms with Gasteiger partial charge in [-0.05, 0) is 18.2 Å². The zero-order valence-corrected chi connectivity index (χ0v) is 12.8. The Morgan fingerprint density at radius 1 is 1.24 bits per heavy atom. The minimum atomic E-state index is -2.96. The topological polar surface area (TPSA) is 57.7 Å². The van der Waals surface area contributed by atoms with E-state index in [-0.39, 0.29) is 11.7 Å². The second kappa shape index (κ2) is 6.53. The fourth-order valence-corrected chi connectivity index (χ4v) is 2.86. The summed E-state index contributed by atoms with van der Waals surface area (Å²) in [7, 11) is -2.96. The highest BCUT2D eigenvalue weighted by Crippen LogP contribution is 2.10. The number of piperazine rings is 1. The van der Waals surface area contributed by atoms with Gasteiger partial charge in [0.05, 0.1) is 5.75 Å². The van der Waals surface area contributed by atoms with Gasteiger partial charge in [-0.2, -0.15) is 0 Å².